The number of hydroxylamine groups is 1. The molecule has 4 aromatic heterocycles. The minimum atomic E-state index is -0.781. The number of pyridine rings is 1. The quantitative estimate of drug-likeness (QED) is 0.332. The third-order valence-corrected chi connectivity index (χ3v) is 9.62. The Labute approximate surface area is 242 Å². The summed E-state index contributed by atoms with van der Waals surface area (Å²) in [5.74, 6) is -0.0558. The van der Waals surface area contributed by atoms with E-state index in [2.05, 4.69) is 44.3 Å². The van der Waals surface area contributed by atoms with Gasteiger partial charge in [0.05, 0.1) is 54.1 Å². The van der Waals surface area contributed by atoms with Crippen molar-refractivity contribution < 1.29 is 9.63 Å². The standard InChI is InChI=1S/C31H31N9O2/c1-37-16-21(14-34-37)27-24(19-4-5-22-20(12-19)13-35-38(22)2)25-26-23(15-33-28(25)36-27)40(42-3)29(41)31(26)9-11-39(18-31)17-30(6-7-30)8-10-32/h4-5,12-16H,6-9,11,17-18H2,1-3H3,(H,33,36). The van der Waals surface area contributed by atoms with Gasteiger partial charge in [-0.3, -0.25) is 19.0 Å². The van der Waals surface area contributed by atoms with Gasteiger partial charge in [0.25, 0.3) is 5.91 Å². The Morgan fingerprint density at radius 3 is 2.71 bits per heavy atom. The average molecular weight is 562 g/mol. The maximum absolute atomic E-state index is 14.3. The second-order valence-electron chi connectivity index (χ2n) is 12.2. The van der Waals surface area contributed by atoms with Crippen molar-refractivity contribution in [2.24, 2.45) is 19.5 Å². The number of amides is 1. The van der Waals surface area contributed by atoms with Crippen LogP contribution < -0.4 is 5.06 Å². The average Bonchev–Trinajstić information content (AvgIpc) is 3.44. The highest BCUT2D eigenvalue weighted by molar-refractivity contribution is 6.16. The molecule has 1 spiro atoms. The van der Waals surface area contributed by atoms with E-state index in [-0.39, 0.29) is 11.3 Å². The fraction of sp³-hybridized carbons (Fsp3) is 0.387. The summed E-state index contributed by atoms with van der Waals surface area (Å²) in [6.07, 6.45) is 10.8. The number of fused-ring (bicyclic) bond motifs is 5. The molecular formula is C31H31N9O2. The largest absolute Gasteiger partial charge is 0.339 e. The molecule has 212 valence electrons. The van der Waals surface area contributed by atoms with Gasteiger partial charge >= 0.3 is 0 Å². The number of aromatic amines is 1. The lowest BCUT2D eigenvalue weighted by Gasteiger charge is -2.26. The Hall–Kier alpha value is -4.53. The van der Waals surface area contributed by atoms with Crippen molar-refractivity contribution in [3.63, 3.8) is 0 Å². The van der Waals surface area contributed by atoms with Crippen LogP contribution in [0.15, 0.2) is 43.0 Å². The SMILES string of the molecule is CON1C(=O)C2(CCN(CC3(CC#N)CC3)C2)c2c1cnc1[nH]c(-c3cnn(C)c3)c(-c3ccc4c(cnn4C)c3)c21. The van der Waals surface area contributed by atoms with Crippen molar-refractivity contribution in [3.8, 4) is 28.5 Å². The predicted octanol–water partition coefficient (Wildman–Crippen LogP) is 4.06. The number of anilines is 1. The number of nitriles is 1. The fourth-order valence-corrected chi connectivity index (χ4v) is 7.36. The lowest BCUT2D eigenvalue weighted by Crippen LogP contribution is -2.42. The minimum Gasteiger partial charge on any atom is -0.339 e. The molecule has 1 N–H and O–H groups in total. The van der Waals surface area contributed by atoms with E-state index >= 15 is 0 Å². The first kappa shape index (κ1) is 25.2. The highest BCUT2D eigenvalue weighted by Crippen LogP contribution is 2.55. The van der Waals surface area contributed by atoms with Crippen molar-refractivity contribution in [1.82, 2.24) is 34.4 Å². The molecule has 0 radical (unpaired) electrons. The Kier molecular flexibility index (Phi) is 5.24. The highest BCUT2D eigenvalue weighted by atomic mass is 16.7. The van der Waals surface area contributed by atoms with E-state index in [0.29, 0.717) is 25.1 Å². The number of benzene rings is 1. The predicted molar refractivity (Wildman–Crippen MR) is 157 cm³/mol. The van der Waals surface area contributed by atoms with Gasteiger partial charge in [0, 0.05) is 67.3 Å². The number of carbonyl (C=O) groups is 1. The van der Waals surface area contributed by atoms with Crippen LogP contribution in [0.2, 0.25) is 0 Å². The monoisotopic (exact) mass is 561 g/mol. The van der Waals surface area contributed by atoms with Crippen LogP contribution in [0.5, 0.6) is 0 Å². The van der Waals surface area contributed by atoms with E-state index in [0.717, 1.165) is 75.8 Å². The molecular weight excluding hydrogens is 530 g/mol. The van der Waals surface area contributed by atoms with Crippen molar-refractivity contribution in [1.29, 1.82) is 5.26 Å². The van der Waals surface area contributed by atoms with Crippen LogP contribution in [-0.4, -0.2) is 67.1 Å². The summed E-state index contributed by atoms with van der Waals surface area (Å²) >= 11 is 0. The van der Waals surface area contributed by atoms with Crippen LogP contribution in [0.3, 0.4) is 0 Å². The minimum absolute atomic E-state index is 0.0558. The fourth-order valence-electron chi connectivity index (χ4n) is 7.36. The Bertz CT molecular complexity index is 1960. The summed E-state index contributed by atoms with van der Waals surface area (Å²) in [5, 5.41) is 21.7. The van der Waals surface area contributed by atoms with E-state index in [9.17, 15) is 10.1 Å². The van der Waals surface area contributed by atoms with Crippen LogP contribution in [0, 0.1) is 16.7 Å². The first-order valence-electron chi connectivity index (χ1n) is 14.3. The smallest absolute Gasteiger partial charge is 0.263 e. The van der Waals surface area contributed by atoms with Gasteiger partial charge in [-0.2, -0.15) is 20.5 Å². The number of hydrogen-bond donors (Lipinski definition) is 1. The van der Waals surface area contributed by atoms with Gasteiger partial charge in [-0.25, -0.2) is 4.98 Å². The maximum Gasteiger partial charge on any atom is 0.263 e. The van der Waals surface area contributed by atoms with E-state index in [4.69, 9.17) is 9.82 Å². The van der Waals surface area contributed by atoms with Gasteiger partial charge < -0.3 is 9.88 Å². The number of nitrogens with one attached hydrogen (secondary N) is 1. The molecule has 2 aliphatic heterocycles. The summed E-state index contributed by atoms with van der Waals surface area (Å²) in [5.41, 5.74) is 6.53. The van der Waals surface area contributed by atoms with Crippen LogP contribution >= 0.6 is 0 Å². The van der Waals surface area contributed by atoms with Crippen LogP contribution in [-0.2, 0) is 29.1 Å². The van der Waals surface area contributed by atoms with Crippen molar-refractivity contribution in [3.05, 3.63) is 48.5 Å². The normalized spacial score (nSPS) is 21.2. The number of H-pyrrole nitrogens is 1. The molecule has 1 amide bonds. The second-order valence-corrected chi connectivity index (χ2v) is 12.2. The zero-order valence-corrected chi connectivity index (χ0v) is 23.9. The first-order chi connectivity index (χ1) is 20.4. The molecule has 1 saturated heterocycles. The third-order valence-electron chi connectivity index (χ3n) is 9.62. The lowest BCUT2D eigenvalue weighted by atomic mass is 9.78. The van der Waals surface area contributed by atoms with E-state index in [1.165, 1.54) is 5.06 Å². The number of rotatable bonds is 6. The molecule has 11 heteroatoms. The van der Waals surface area contributed by atoms with Crippen molar-refractivity contribution in [2.75, 3.05) is 31.8 Å². The zero-order chi connectivity index (χ0) is 28.8. The van der Waals surface area contributed by atoms with Crippen LogP contribution in [0.1, 0.15) is 31.2 Å². The van der Waals surface area contributed by atoms with Crippen molar-refractivity contribution in [2.45, 2.75) is 31.1 Å². The van der Waals surface area contributed by atoms with Crippen LogP contribution in [0.25, 0.3) is 44.3 Å². The number of hydrogen-bond acceptors (Lipinski definition) is 7. The third kappa shape index (κ3) is 3.45. The number of nitrogens with zero attached hydrogens (tertiary/aromatic N) is 8. The van der Waals surface area contributed by atoms with E-state index < -0.39 is 5.41 Å². The topological polar surface area (TPSA) is 121 Å². The molecule has 1 atom stereocenters. The molecule has 2 fully saturated rings. The molecule has 6 heterocycles. The van der Waals surface area contributed by atoms with Gasteiger partial charge in [-0.05, 0) is 48.9 Å². The molecule has 5 aromatic rings. The summed E-state index contributed by atoms with van der Waals surface area (Å²) in [6.45, 7) is 2.21. The summed E-state index contributed by atoms with van der Waals surface area (Å²) in [7, 11) is 5.38. The van der Waals surface area contributed by atoms with E-state index in [1.807, 2.05) is 37.4 Å². The molecule has 42 heavy (non-hydrogen) atoms. The lowest BCUT2D eigenvalue weighted by molar-refractivity contribution is -0.128. The second kappa shape index (κ2) is 8.74. The molecule has 1 aromatic carbocycles. The molecule has 1 saturated carbocycles. The molecule has 3 aliphatic rings. The Morgan fingerprint density at radius 1 is 1.12 bits per heavy atom. The molecule has 0 bridgehead atoms. The van der Waals surface area contributed by atoms with Crippen LogP contribution in [0.4, 0.5) is 5.69 Å². The number of carbonyl (C=O) groups excluding carboxylic acids is 1. The highest BCUT2D eigenvalue weighted by Gasteiger charge is 2.58. The molecule has 1 unspecified atom stereocenters. The summed E-state index contributed by atoms with van der Waals surface area (Å²) in [4.78, 5) is 30.8. The number of aromatic nitrogens is 6. The van der Waals surface area contributed by atoms with Gasteiger partial charge in [-0.15, -0.1) is 0 Å². The first-order valence-corrected chi connectivity index (χ1v) is 14.3. The van der Waals surface area contributed by atoms with Gasteiger partial charge in [0.15, 0.2) is 0 Å². The summed E-state index contributed by atoms with van der Waals surface area (Å²) < 4.78 is 3.65. The van der Waals surface area contributed by atoms with Gasteiger partial charge in [-0.1, -0.05) is 6.07 Å². The Balaban J connectivity index is 1.37. The van der Waals surface area contributed by atoms with Crippen molar-refractivity contribution >= 4 is 33.5 Å². The molecule has 1 aliphatic carbocycles. The van der Waals surface area contributed by atoms with Gasteiger partial charge in [0.2, 0.25) is 0 Å². The maximum atomic E-state index is 14.3. The van der Waals surface area contributed by atoms with Gasteiger partial charge in [0.1, 0.15) is 5.65 Å². The Morgan fingerprint density at radius 2 is 1.98 bits per heavy atom. The van der Waals surface area contributed by atoms with E-state index in [1.54, 1.807) is 18.0 Å². The zero-order valence-electron chi connectivity index (χ0n) is 23.9. The number of likely N-dealkylation sites (tertiary alicyclic amines) is 1. The molecule has 11 nitrogen and oxygen atoms in total. The summed E-state index contributed by atoms with van der Waals surface area (Å²) in [6, 6.07) is 8.74. The molecule has 8 rings (SSSR count). The number of aryl methyl sites for hydroxylation is 2.